The fourth-order valence-electron chi connectivity index (χ4n) is 2.49. The number of hydrogen-bond acceptors (Lipinski definition) is 4. The molecule has 2 saturated heterocycles. The van der Waals surface area contributed by atoms with Crippen molar-refractivity contribution in [2.75, 3.05) is 32.8 Å². The summed E-state index contributed by atoms with van der Waals surface area (Å²) in [6.07, 6.45) is 2.56. The highest BCUT2D eigenvalue weighted by Gasteiger charge is 2.32. The van der Waals surface area contributed by atoms with Crippen LogP contribution in [0.15, 0.2) is 0 Å². The van der Waals surface area contributed by atoms with Crippen LogP contribution < -0.4 is 5.32 Å². The van der Waals surface area contributed by atoms with E-state index in [4.69, 9.17) is 4.74 Å². The minimum atomic E-state index is -0.626. The van der Waals surface area contributed by atoms with E-state index >= 15 is 0 Å². The van der Waals surface area contributed by atoms with Crippen molar-refractivity contribution in [3.05, 3.63) is 0 Å². The maximum absolute atomic E-state index is 11.8. The molecule has 17 heavy (non-hydrogen) atoms. The number of nitrogens with one attached hydrogen (secondary N) is 1. The molecule has 5 heteroatoms. The van der Waals surface area contributed by atoms with Gasteiger partial charge in [0.25, 0.3) is 0 Å². The van der Waals surface area contributed by atoms with E-state index < -0.39 is 5.60 Å². The average molecular weight is 242 g/mol. The van der Waals surface area contributed by atoms with E-state index in [9.17, 15) is 9.90 Å². The van der Waals surface area contributed by atoms with Crippen LogP contribution in [0.5, 0.6) is 0 Å². The maximum Gasteiger partial charge on any atom is 0.234 e. The van der Waals surface area contributed by atoms with Crippen molar-refractivity contribution < 1.29 is 14.6 Å². The first-order chi connectivity index (χ1) is 8.05. The second-order valence-electron chi connectivity index (χ2n) is 5.41. The smallest absolute Gasteiger partial charge is 0.234 e. The van der Waals surface area contributed by atoms with Gasteiger partial charge in [-0.05, 0) is 26.2 Å². The number of nitrogens with zero attached hydrogens (tertiary/aromatic N) is 1. The molecule has 0 spiro atoms. The van der Waals surface area contributed by atoms with Crippen LogP contribution in [0.2, 0.25) is 0 Å². The largest absolute Gasteiger partial charge is 0.389 e. The van der Waals surface area contributed by atoms with Crippen molar-refractivity contribution in [3.63, 3.8) is 0 Å². The molecule has 2 fully saturated rings. The zero-order valence-corrected chi connectivity index (χ0v) is 10.4. The van der Waals surface area contributed by atoms with Crippen molar-refractivity contribution in [1.29, 1.82) is 0 Å². The molecule has 1 atom stereocenters. The van der Waals surface area contributed by atoms with Crippen LogP contribution in [0.25, 0.3) is 0 Å². The Morgan fingerprint density at radius 3 is 2.82 bits per heavy atom. The quantitative estimate of drug-likeness (QED) is 0.716. The fourth-order valence-corrected chi connectivity index (χ4v) is 2.49. The van der Waals surface area contributed by atoms with E-state index in [1.807, 2.05) is 11.8 Å². The second kappa shape index (κ2) is 5.33. The van der Waals surface area contributed by atoms with Crippen LogP contribution >= 0.6 is 0 Å². The summed E-state index contributed by atoms with van der Waals surface area (Å²) in [6.45, 7) is 5.09. The SMILES string of the molecule is CC1(O)CCN(CC(=O)NC2CCOCC2)C1. The predicted molar refractivity (Wildman–Crippen MR) is 63.7 cm³/mol. The first-order valence-electron chi connectivity index (χ1n) is 6.37. The molecule has 0 saturated carbocycles. The Bertz CT molecular complexity index is 275. The van der Waals surface area contributed by atoms with Gasteiger partial charge in [-0.3, -0.25) is 9.69 Å². The van der Waals surface area contributed by atoms with Gasteiger partial charge < -0.3 is 15.2 Å². The van der Waals surface area contributed by atoms with Gasteiger partial charge in [-0.25, -0.2) is 0 Å². The normalized spacial score (nSPS) is 31.6. The Morgan fingerprint density at radius 1 is 1.53 bits per heavy atom. The summed E-state index contributed by atoms with van der Waals surface area (Å²) in [5.74, 6) is 0.0644. The summed E-state index contributed by atoms with van der Waals surface area (Å²) in [7, 11) is 0. The topological polar surface area (TPSA) is 61.8 Å². The summed E-state index contributed by atoms with van der Waals surface area (Å²) in [6, 6.07) is 0.263. The Kier molecular flexibility index (Phi) is 4.01. The number of aliphatic hydroxyl groups is 1. The van der Waals surface area contributed by atoms with Gasteiger partial charge in [0.05, 0.1) is 12.1 Å². The van der Waals surface area contributed by atoms with E-state index in [2.05, 4.69) is 5.32 Å². The fraction of sp³-hybridized carbons (Fsp3) is 0.917. The molecule has 98 valence electrons. The Morgan fingerprint density at radius 2 is 2.24 bits per heavy atom. The van der Waals surface area contributed by atoms with E-state index in [0.717, 1.165) is 39.0 Å². The Balaban J connectivity index is 1.70. The van der Waals surface area contributed by atoms with Crippen LogP contribution in [-0.2, 0) is 9.53 Å². The van der Waals surface area contributed by atoms with Gasteiger partial charge in [0.1, 0.15) is 0 Å². The van der Waals surface area contributed by atoms with Gasteiger partial charge in [-0.15, -0.1) is 0 Å². The molecule has 2 aliphatic heterocycles. The summed E-state index contributed by atoms with van der Waals surface area (Å²) in [5, 5.41) is 12.8. The molecule has 1 unspecified atom stereocenters. The lowest BCUT2D eigenvalue weighted by atomic mass is 10.1. The number of amides is 1. The molecule has 1 amide bonds. The van der Waals surface area contributed by atoms with Crippen molar-refractivity contribution in [2.45, 2.75) is 37.8 Å². The predicted octanol–water partition coefficient (Wildman–Crippen LogP) is -0.262. The minimum Gasteiger partial charge on any atom is -0.389 e. The summed E-state index contributed by atoms with van der Waals surface area (Å²) >= 11 is 0. The minimum absolute atomic E-state index is 0.0644. The van der Waals surface area contributed by atoms with Gasteiger partial charge in [-0.2, -0.15) is 0 Å². The monoisotopic (exact) mass is 242 g/mol. The highest BCUT2D eigenvalue weighted by atomic mass is 16.5. The number of carbonyl (C=O) groups excluding carboxylic acids is 1. The van der Waals surface area contributed by atoms with Crippen LogP contribution in [0.4, 0.5) is 0 Å². The number of β-amino-alcohol motifs (C(OH)–C–C–N with tert-alkyl or cyclic N) is 1. The van der Waals surface area contributed by atoms with E-state index in [0.29, 0.717) is 13.1 Å². The molecule has 0 aromatic carbocycles. The van der Waals surface area contributed by atoms with Crippen LogP contribution in [0.1, 0.15) is 26.2 Å². The number of rotatable bonds is 3. The lowest BCUT2D eigenvalue weighted by Crippen LogP contribution is -2.44. The molecule has 0 aromatic rings. The number of hydrogen-bond donors (Lipinski definition) is 2. The number of carbonyl (C=O) groups is 1. The molecule has 2 heterocycles. The standard InChI is InChI=1S/C12H22N2O3/c1-12(16)4-5-14(9-12)8-11(15)13-10-2-6-17-7-3-10/h10,16H,2-9H2,1H3,(H,13,15). The third kappa shape index (κ3) is 3.94. The van der Waals surface area contributed by atoms with E-state index in [1.54, 1.807) is 0 Å². The first-order valence-corrected chi connectivity index (χ1v) is 6.37. The average Bonchev–Trinajstić information content (AvgIpc) is 2.59. The zero-order valence-electron chi connectivity index (χ0n) is 10.4. The lowest BCUT2D eigenvalue weighted by Gasteiger charge is -2.24. The number of likely N-dealkylation sites (tertiary alicyclic amines) is 1. The molecule has 0 aromatic heterocycles. The van der Waals surface area contributed by atoms with Crippen LogP contribution in [-0.4, -0.2) is 60.4 Å². The highest BCUT2D eigenvalue weighted by Crippen LogP contribution is 2.19. The second-order valence-corrected chi connectivity index (χ2v) is 5.41. The van der Waals surface area contributed by atoms with Gasteiger partial charge in [-0.1, -0.05) is 0 Å². The van der Waals surface area contributed by atoms with Gasteiger partial charge in [0.2, 0.25) is 5.91 Å². The van der Waals surface area contributed by atoms with Crippen molar-refractivity contribution >= 4 is 5.91 Å². The molecule has 5 nitrogen and oxygen atoms in total. The molecule has 2 rings (SSSR count). The van der Waals surface area contributed by atoms with Gasteiger partial charge in [0.15, 0.2) is 0 Å². The van der Waals surface area contributed by atoms with Crippen molar-refractivity contribution in [3.8, 4) is 0 Å². The Hall–Kier alpha value is -0.650. The van der Waals surface area contributed by atoms with Crippen molar-refractivity contribution in [2.24, 2.45) is 0 Å². The van der Waals surface area contributed by atoms with E-state index in [1.165, 1.54) is 0 Å². The summed E-state index contributed by atoms with van der Waals surface area (Å²) in [5.41, 5.74) is -0.626. The summed E-state index contributed by atoms with van der Waals surface area (Å²) in [4.78, 5) is 13.8. The third-order valence-electron chi connectivity index (χ3n) is 3.48. The van der Waals surface area contributed by atoms with Gasteiger partial charge in [0, 0.05) is 32.3 Å². The molecule has 2 aliphatic rings. The van der Waals surface area contributed by atoms with Crippen LogP contribution in [0, 0.1) is 0 Å². The molecular formula is C12H22N2O3. The third-order valence-corrected chi connectivity index (χ3v) is 3.48. The van der Waals surface area contributed by atoms with Crippen LogP contribution in [0.3, 0.4) is 0 Å². The molecule has 2 N–H and O–H groups in total. The highest BCUT2D eigenvalue weighted by molar-refractivity contribution is 5.78. The molecule has 0 bridgehead atoms. The lowest BCUT2D eigenvalue weighted by molar-refractivity contribution is -0.123. The Labute approximate surface area is 102 Å². The first kappa shape index (κ1) is 12.8. The number of ether oxygens (including phenoxy) is 1. The maximum atomic E-state index is 11.8. The van der Waals surface area contributed by atoms with Crippen molar-refractivity contribution in [1.82, 2.24) is 10.2 Å². The summed E-state index contributed by atoms with van der Waals surface area (Å²) < 4.78 is 5.25. The molecule has 0 radical (unpaired) electrons. The zero-order chi connectivity index (χ0) is 12.3. The van der Waals surface area contributed by atoms with E-state index in [-0.39, 0.29) is 11.9 Å². The molecular weight excluding hydrogens is 220 g/mol. The molecule has 0 aliphatic carbocycles. The van der Waals surface area contributed by atoms with Gasteiger partial charge >= 0.3 is 0 Å².